The van der Waals surface area contributed by atoms with E-state index in [2.05, 4.69) is 6.07 Å². The van der Waals surface area contributed by atoms with Gasteiger partial charge in [0.1, 0.15) is 5.75 Å². The van der Waals surface area contributed by atoms with Gasteiger partial charge in [0, 0.05) is 17.1 Å². The third-order valence-corrected chi connectivity index (χ3v) is 3.16. The summed E-state index contributed by atoms with van der Waals surface area (Å²) in [6, 6.07) is 6.03. The quantitative estimate of drug-likeness (QED) is 0.777. The summed E-state index contributed by atoms with van der Waals surface area (Å²) in [5.41, 5.74) is 2.31. The van der Waals surface area contributed by atoms with Crippen molar-refractivity contribution in [3.05, 3.63) is 29.3 Å². The molecule has 0 amide bonds. The molecule has 0 aliphatic heterocycles. The smallest absolute Gasteiger partial charge is 0.304 e. The molecule has 0 aromatic heterocycles. The van der Waals surface area contributed by atoms with Crippen LogP contribution in [0, 0.1) is 6.92 Å². The van der Waals surface area contributed by atoms with E-state index in [9.17, 15) is 4.79 Å². The minimum atomic E-state index is -0.747. The van der Waals surface area contributed by atoms with Crippen LogP contribution >= 0.6 is 11.8 Å². The Bertz CT molecular complexity index is 363. The maximum absolute atomic E-state index is 10.3. The molecule has 4 heteroatoms. The number of thioether (sulfide) groups is 1. The van der Waals surface area contributed by atoms with E-state index in [1.165, 1.54) is 5.56 Å². The van der Waals surface area contributed by atoms with Gasteiger partial charge in [0.05, 0.1) is 13.5 Å². The molecule has 0 aliphatic carbocycles. The normalized spacial score (nSPS) is 10.1. The predicted octanol–water partition coefficient (Wildman–Crippen LogP) is 2.71. The van der Waals surface area contributed by atoms with Crippen molar-refractivity contribution in [3.63, 3.8) is 0 Å². The summed E-state index contributed by atoms with van der Waals surface area (Å²) in [4.78, 5) is 10.3. The van der Waals surface area contributed by atoms with Crippen LogP contribution in [0.15, 0.2) is 18.2 Å². The highest BCUT2D eigenvalue weighted by Gasteiger charge is 2.04. The molecule has 1 N–H and O–H groups in total. The van der Waals surface area contributed by atoms with E-state index >= 15 is 0 Å². The van der Waals surface area contributed by atoms with Crippen LogP contribution < -0.4 is 4.74 Å². The molecule has 1 aromatic rings. The van der Waals surface area contributed by atoms with Crippen molar-refractivity contribution < 1.29 is 14.6 Å². The van der Waals surface area contributed by atoms with Crippen molar-refractivity contribution in [1.82, 2.24) is 0 Å². The summed E-state index contributed by atoms with van der Waals surface area (Å²) in [7, 11) is 1.65. The first-order valence-corrected chi connectivity index (χ1v) is 6.22. The number of carboxylic acids is 1. The minimum absolute atomic E-state index is 0.207. The minimum Gasteiger partial charge on any atom is -0.496 e. The van der Waals surface area contributed by atoms with Gasteiger partial charge < -0.3 is 9.84 Å². The molecule has 0 atom stereocenters. The number of carbonyl (C=O) groups is 1. The zero-order valence-corrected chi connectivity index (χ0v) is 10.3. The number of benzene rings is 1. The maximum Gasteiger partial charge on any atom is 0.304 e. The number of hydrogen-bond acceptors (Lipinski definition) is 3. The highest BCUT2D eigenvalue weighted by molar-refractivity contribution is 7.98. The van der Waals surface area contributed by atoms with Gasteiger partial charge in [-0.3, -0.25) is 4.79 Å². The molecule has 0 radical (unpaired) electrons. The summed E-state index contributed by atoms with van der Waals surface area (Å²) in [6.07, 6.45) is 0.207. The molecule has 16 heavy (non-hydrogen) atoms. The molecule has 88 valence electrons. The van der Waals surface area contributed by atoms with Gasteiger partial charge in [-0.1, -0.05) is 17.7 Å². The molecule has 0 heterocycles. The summed E-state index contributed by atoms with van der Waals surface area (Å²) in [5.74, 6) is 1.54. The summed E-state index contributed by atoms with van der Waals surface area (Å²) < 4.78 is 5.25. The van der Waals surface area contributed by atoms with Gasteiger partial charge in [-0.05, 0) is 13.0 Å². The lowest BCUT2D eigenvalue weighted by Gasteiger charge is -2.08. The van der Waals surface area contributed by atoms with Crippen molar-refractivity contribution >= 4 is 17.7 Å². The van der Waals surface area contributed by atoms with E-state index in [0.29, 0.717) is 5.75 Å². The first-order chi connectivity index (χ1) is 7.63. The van der Waals surface area contributed by atoms with Gasteiger partial charge >= 0.3 is 5.97 Å². The summed E-state index contributed by atoms with van der Waals surface area (Å²) in [6.45, 7) is 2.03. The Balaban J connectivity index is 2.51. The highest BCUT2D eigenvalue weighted by atomic mass is 32.2. The second-order valence-corrected chi connectivity index (χ2v) is 4.62. The van der Waals surface area contributed by atoms with Gasteiger partial charge in [0.15, 0.2) is 0 Å². The first kappa shape index (κ1) is 12.9. The van der Waals surface area contributed by atoms with Crippen LogP contribution in [0.4, 0.5) is 0 Å². The van der Waals surface area contributed by atoms with Crippen molar-refractivity contribution in [3.8, 4) is 5.75 Å². The monoisotopic (exact) mass is 240 g/mol. The number of ether oxygens (including phenoxy) is 1. The molecule has 3 nitrogen and oxygen atoms in total. The molecule has 1 rings (SSSR count). The zero-order valence-electron chi connectivity index (χ0n) is 9.53. The average Bonchev–Trinajstić information content (AvgIpc) is 2.24. The third kappa shape index (κ3) is 4.14. The molecule has 0 fully saturated rings. The second-order valence-electron chi connectivity index (χ2n) is 3.51. The third-order valence-electron chi connectivity index (χ3n) is 2.15. The van der Waals surface area contributed by atoms with Crippen molar-refractivity contribution in [1.29, 1.82) is 0 Å². The molecule has 0 spiro atoms. The van der Waals surface area contributed by atoms with Crippen molar-refractivity contribution in [2.24, 2.45) is 0 Å². The van der Waals surface area contributed by atoms with Gasteiger partial charge in [-0.2, -0.15) is 11.8 Å². The van der Waals surface area contributed by atoms with Crippen LogP contribution in [0.1, 0.15) is 17.5 Å². The molecule has 0 bridgehead atoms. The van der Waals surface area contributed by atoms with Gasteiger partial charge in [0.2, 0.25) is 0 Å². The van der Waals surface area contributed by atoms with E-state index in [1.54, 1.807) is 18.9 Å². The fraction of sp³-hybridized carbons (Fsp3) is 0.417. The van der Waals surface area contributed by atoms with E-state index < -0.39 is 5.97 Å². The molecular weight excluding hydrogens is 224 g/mol. The van der Waals surface area contributed by atoms with Crippen LogP contribution in [0.25, 0.3) is 0 Å². The number of carboxylic acid groups (broad SMARTS) is 1. The number of hydrogen-bond donors (Lipinski definition) is 1. The fourth-order valence-electron chi connectivity index (χ4n) is 1.36. The number of aliphatic carboxylic acids is 1. The molecule has 0 saturated heterocycles. The predicted molar refractivity (Wildman–Crippen MR) is 66.1 cm³/mol. The Morgan fingerprint density at radius 1 is 1.50 bits per heavy atom. The van der Waals surface area contributed by atoms with Gasteiger partial charge in [0.25, 0.3) is 0 Å². The number of aryl methyl sites for hydroxylation is 1. The lowest BCUT2D eigenvalue weighted by molar-refractivity contribution is -0.136. The lowest BCUT2D eigenvalue weighted by Crippen LogP contribution is -1.97. The largest absolute Gasteiger partial charge is 0.496 e. The topological polar surface area (TPSA) is 46.5 Å². The van der Waals surface area contributed by atoms with Crippen LogP contribution in [0.2, 0.25) is 0 Å². The lowest BCUT2D eigenvalue weighted by atomic mass is 10.1. The molecule has 1 aromatic carbocycles. The van der Waals surface area contributed by atoms with E-state index in [0.717, 1.165) is 17.1 Å². The SMILES string of the molecule is COc1ccc(C)cc1CSCCC(=O)O. The summed E-state index contributed by atoms with van der Waals surface area (Å²) in [5, 5.41) is 8.52. The Morgan fingerprint density at radius 2 is 2.25 bits per heavy atom. The van der Waals surface area contributed by atoms with Crippen LogP contribution in [-0.4, -0.2) is 23.9 Å². The van der Waals surface area contributed by atoms with Crippen LogP contribution in [-0.2, 0) is 10.5 Å². The standard InChI is InChI=1S/C12H16O3S/c1-9-3-4-11(15-2)10(7-9)8-16-6-5-12(13)14/h3-4,7H,5-6,8H2,1-2H3,(H,13,14). The molecule has 0 saturated carbocycles. The van der Waals surface area contributed by atoms with E-state index in [1.807, 2.05) is 19.1 Å². The Morgan fingerprint density at radius 3 is 2.88 bits per heavy atom. The van der Waals surface area contributed by atoms with Crippen molar-refractivity contribution in [2.75, 3.05) is 12.9 Å². The Hall–Kier alpha value is -1.16. The van der Waals surface area contributed by atoms with Gasteiger partial charge in [-0.25, -0.2) is 0 Å². The summed E-state index contributed by atoms with van der Waals surface area (Å²) >= 11 is 1.61. The molecule has 0 unspecified atom stereocenters. The Kier molecular flexibility index (Phi) is 5.19. The zero-order chi connectivity index (χ0) is 12.0. The van der Waals surface area contributed by atoms with E-state index in [-0.39, 0.29) is 6.42 Å². The molecular formula is C12H16O3S. The fourth-order valence-corrected chi connectivity index (χ4v) is 2.27. The second kappa shape index (κ2) is 6.43. The first-order valence-electron chi connectivity index (χ1n) is 5.06. The van der Waals surface area contributed by atoms with Crippen LogP contribution in [0.3, 0.4) is 0 Å². The maximum atomic E-state index is 10.3. The average molecular weight is 240 g/mol. The highest BCUT2D eigenvalue weighted by Crippen LogP contribution is 2.24. The molecule has 0 aliphatic rings. The number of methoxy groups -OCH3 is 1. The Labute approximate surface area is 99.8 Å². The van der Waals surface area contributed by atoms with E-state index in [4.69, 9.17) is 9.84 Å². The van der Waals surface area contributed by atoms with Crippen molar-refractivity contribution in [2.45, 2.75) is 19.1 Å². The number of rotatable bonds is 6. The van der Waals surface area contributed by atoms with Gasteiger partial charge in [-0.15, -0.1) is 0 Å². The van der Waals surface area contributed by atoms with Crippen LogP contribution in [0.5, 0.6) is 5.75 Å².